The Kier molecular flexibility index (Phi) is 6.13. The van der Waals surface area contributed by atoms with Crippen molar-refractivity contribution < 1.29 is 9.18 Å². The summed E-state index contributed by atoms with van der Waals surface area (Å²) in [7, 11) is 0. The third kappa shape index (κ3) is 4.38. The van der Waals surface area contributed by atoms with E-state index in [9.17, 15) is 14.0 Å². The summed E-state index contributed by atoms with van der Waals surface area (Å²) in [5, 5.41) is 6.29. The van der Waals surface area contributed by atoms with Crippen LogP contribution in [0.25, 0.3) is 21.5 Å². The standard InChI is InChI=1S/C23H19FN4O2S3/c1-2-10-28-21(30)19-15-4-3-5-17(15)33-20(19)27-23(28)32-12-18(29)26-22-25-16(11-31-22)13-6-8-14(24)9-7-13/h2,6-9,11H,1,3-5,10,12H2,(H,25,26,29). The number of anilines is 1. The van der Waals surface area contributed by atoms with Crippen molar-refractivity contribution in [1.82, 2.24) is 14.5 Å². The molecule has 5 rings (SSSR count). The molecule has 1 aliphatic carbocycles. The quantitative estimate of drug-likeness (QED) is 0.217. The second-order valence-corrected chi connectivity index (χ2v) is 10.4. The molecule has 0 radical (unpaired) electrons. The Labute approximate surface area is 201 Å². The zero-order valence-electron chi connectivity index (χ0n) is 17.5. The molecule has 1 aromatic carbocycles. The minimum Gasteiger partial charge on any atom is -0.301 e. The molecule has 168 valence electrons. The predicted octanol–water partition coefficient (Wildman–Crippen LogP) is 5.13. The van der Waals surface area contributed by atoms with E-state index in [2.05, 4.69) is 16.9 Å². The van der Waals surface area contributed by atoms with Gasteiger partial charge in [-0.1, -0.05) is 17.8 Å². The number of benzene rings is 1. The molecule has 0 unspecified atom stereocenters. The number of amides is 1. The number of allylic oxidation sites excluding steroid dienone is 1. The van der Waals surface area contributed by atoms with Gasteiger partial charge in [0.2, 0.25) is 5.91 Å². The van der Waals surface area contributed by atoms with E-state index in [4.69, 9.17) is 4.98 Å². The zero-order valence-corrected chi connectivity index (χ0v) is 19.9. The van der Waals surface area contributed by atoms with Gasteiger partial charge in [0.15, 0.2) is 10.3 Å². The van der Waals surface area contributed by atoms with Gasteiger partial charge in [-0.25, -0.2) is 14.4 Å². The number of thioether (sulfide) groups is 1. The number of rotatable bonds is 7. The van der Waals surface area contributed by atoms with Gasteiger partial charge in [0.25, 0.3) is 5.56 Å². The van der Waals surface area contributed by atoms with Crippen molar-refractivity contribution >= 4 is 55.7 Å². The van der Waals surface area contributed by atoms with E-state index in [1.807, 2.05) is 5.38 Å². The van der Waals surface area contributed by atoms with Crippen LogP contribution in [0, 0.1) is 5.82 Å². The lowest BCUT2D eigenvalue weighted by Gasteiger charge is -2.10. The molecule has 0 saturated carbocycles. The van der Waals surface area contributed by atoms with Gasteiger partial charge >= 0.3 is 0 Å². The van der Waals surface area contributed by atoms with Crippen molar-refractivity contribution in [2.75, 3.05) is 11.1 Å². The van der Waals surface area contributed by atoms with Crippen LogP contribution in [0.1, 0.15) is 16.9 Å². The summed E-state index contributed by atoms with van der Waals surface area (Å²) in [6, 6.07) is 6.04. The number of aromatic nitrogens is 3. The summed E-state index contributed by atoms with van der Waals surface area (Å²) in [5.74, 6) is -0.465. The smallest absolute Gasteiger partial charge is 0.263 e. The van der Waals surface area contributed by atoms with E-state index in [0.717, 1.165) is 40.6 Å². The highest BCUT2D eigenvalue weighted by Crippen LogP contribution is 2.35. The summed E-state index contributed by atoms with van der Waals surface area (Å²) in [4.78, 5) is 36.9. The highest BCUT2D eigenvalue weighted by Gasteiger charge is 2.23. The first-order chi connectivity index (χ1) is 16.0. The van der Waals surface area contributed by atoms with Crippen LogP contribution in [0.4, 0.5) is 9.52 Å². The maximum absolute atomic E-state index is 13.2. The molecule has 10 heteroatoms. The number of nitrogens with zero attached hydrogens (tertiary/aromatic N) is 3. The normalized spacial score (nSPS) is 12.8. The monoisotopic (exact) mass is 498 g/mol. The molecule has 4 aromatic rings. The summed E-state index contributed by atoms with van der Waals surface area (Å²) in [6.45, 7) is 4.10. The number of carbonyl (C=O) groups is 1. The number of hydrogen-bond acceptors (Lipinski definition) is 7. The summed E-state index contributed by atoms with van der Waals surface area (Å²) in [5.41, 5.74) is 2.52. The first-order valence-corrected chi connectivity index (χ1v) is 13.0. The van der Waals surface area contributed by atoms with Crippen molar-refractivity contribution in [3.63, 3.8) is 0 Å². The van der Waals surface area contributed by atoms with E-state index in [1.54, 1.807) is 34.1 Å². The molecule has 0 bridgehead atoms. The zero-order chi connectivity index (χ0) is 22.9. The van der Waals surface area contributed by atoms with Crippen LogP contribution in [-0.2, 0) is 24.2 Å². The molecular formula is C23H19FN4O2S3. The van der Waals surface area contributed by atoms with Gasteiger partial charge in [0.05, 0.1) is 16.8 Å². The molecule has 1 aliphatic rings. The van der Waals surface area contributed by atoms with Gasteiger partial charge in [0, 0.05) is 22.4 Å². The SMILES string of the molecule is C=CCn1c(SCC(=O)Nc2nc(-c3ccc(F)cc3)cs2)nc2sc3c(c2c1=O)CCC3. The molecule has 33 heavy (non-hydrogen) atoms. The minimum atomic E-state index is -0.312. The number of nitrogens with one attached hydrogen (secondary N) is 1. The molecule has 0 aliphatic heterocycles. The molecule has 1 N–H and O–H groups in total. The van der Waals surface area contributed by atoms with Gasteiger partial charge in [-0.05, 0) is 49.1 Å². The Morgan fingerprint density at radius 3 is 2.88 bits per heavy atom. The lowest BCUT2D eigenvalue weighted by Crippen LogP contribution is -2.23. The number of aryl methyl sites for hydroxylation is 2. The second-order valence-electron chi connectivity index (χ2n) is 7.52. The highest BCUT2D eigenvalue weighted by molar-refractivity contribution is 7.99. The lowest BCUT2D eigenvalue weighted by atomic mass is 10.2. The van der Waals surface area contributed by atoms with Crippen molar-refractivity contribution in [2.45, 2.75) is 31.0 Å². The Morgan fingerprint density at radius 1 is 1.27 bits per heavy atom. The molecule has 6 nitrogen and oxygen atoms in total. The Balaban J connectivity index is 1.32. The van der Waals surface area contributed by atoms with Crippen molar-refractivity contribution in [3.05, 3.63) is 68.9 Å². The van der Waals surface area contributed by atoms with Gasteiger partial charge < -0.3 is 5.32 Å². The lowest BCUT2D eigenvalue weighted by molar-refractivity contribution is -0.113. The summed E-state index contributed by atoms with van der Waals surface area (Å²) >= 11 is 4.11. The van der Waals surface area contributed by atoms with Crippen molar-refractivity contribution in [2.24, 2.45) is 0 Å². The fourth-order valence-electron chi connectivity index (χ4n) is 3.83. The van der Waals surface area contributed by atoms with Gasteiger partial charge in [0.1, 0.15) is 10.6 Å². The highest BCUT2D eigenvalue weighted by atomic mass is 32.2. The Morgan fingerprint density at radius 2 is 2.09 bits per heavy atom. The van der Waals surface area contributed by atoms with Crippen molar-refractivity contribution in [1.29, 1.82) is 0 Å². The first kappa shape index (κ1) is 22.0. The number of thiophene rings is 1. The molecule has 0 spiro atoms. The fourth-order valence-corrected chi connectivity index (χ4v) is 6.68. The first-order valence-electron chi connectivity index (χ1n) is 10.3. The Hall–Kier alpha value is -2.82. The van der Waals surface area contributed by atoms with Crippen LogP contribution < -0.4 is 10.9 Å². The van der Waals surface area contributed by atoms with Crippen LogP contribution in [0.15, 0.2) is 52.3 Å². The average Bonchev–Trinajstić information content (AvgIpc) is 3.51. The number of thiazole rings is 1. The topological polar surface area (TPSA) is 76.9 Å². The summed E-state index contributed by atoms with van der Waals surface area (Å²) in [6.07, 6.45) is 4.66. The molecule has 3 heterocycles. The third-order valence-electron chi connectivity index (χ3n) is 5.32. The van der Waals surface area contributed by atoms with Crippen LogP contribution in [-0.4, -0.2) is 26.2 Å². The molecule has 0 atom stereocenters. The van der Waals surface area contributed by atoms with E-state index < -0.39 is 0 Å². The average molecular weight is 499 g/mol. The van der Waals surface area contributed by atoms with Gasteiger partial charge in [-0.2, -0.15) is 0 Å². The number of halogens is 1. The molecule has 0 saturated heterocycles. The number of hydrogen-bond donors (Lipinski definition) is 1. The van der Waals surface area contributed by atoms with E-state index >= 15 is 0 Å². The van der Waals surface area contributed by atoms with Gasteiger partial charge in [-0.3, -0.25) is 14.2 Å². The van der Waals surface area contributed by atoms with Crippen LogP contribution in [0.5, 0.6) is 0 Å². The van der Waals surface area contributed by atoms with Crippen LogP contribution >= 0.6 is 34.4 Å². The third-order valence-corrected chi connectivity index (χ3v) is 8.24. The van der Waals surface area contributed by atoms with Crippen LogP contribution in [0.2, 0.25) is 0 Å². The maximum atomic E-state index is 13.2. The summed E-state index contributed by atoms with van der Waals surface area (Å²) < 4.78 is 14.7. The van der Waals surface area contributed by atoms with E-state index in [1.165, 1.54) is 40.1 Å². The van der Waals surface area contributed by atoms with Crippen LogP contribution in [0.3, 0.4) is 0 Å². The van der Waals surface area contributed by atoms with E-state index in [-0.39, 0.29) is 23.0 Å². The number of carbonyl (C=O) groups excluding carboxylic acids is 1. The largest absolute Gasteiger partial charge is 0.301 e. The van der Waals surface area contributed by atoms with E-state index in [0.29, 0.717) is 22.5 Å². The second kappa shape index (κ2) is 9.20. The molecule has 1 amide bonds. The Bertz CT molecular complexity index is 1420. The van der Waals surface area contributed by atoms with Crippen molar-refractivity contribution in [3.8, 4) is 11.3 Å². The predicted molar refractivity (Wildman–Crippen MR) is 133 cm³/mol. The molecular weight excluding hydrogens is 479 g/mol. The number of fused-ring (bicyclic) bond motifs is 3. The van der Waals surface area contributed by atoms with Gasteiger partial charge in [-0.15, -0.1) is 29.3 Å². The molecule has 0 fully saturated rings. The maximum Gasteiger partial charge on any atom is 0.263 e. The molecule has 3 aromatic heterocycles. The minimum absolute atomic E-state index is 0.0638. The fraction of sp³-hybridized carbons (Fsp3) is 0.217.